The number of hydrogen-bond acceptors (Lipinski definition) is 7. The number of phosphoric acid groups is 1. The molecule has 1 N–H and O–H groups in total. The quantitative estimate of drug-likeness (QED) is 0.0278. The molecule has 0 aliphatic rings. The van der Waals surface area contributed by atoms with Crippen LogP contribution in [0.1, 0.15) is 303 Å². The van der Waals surface area contributed by atoms with Crippen molar-refractivity contribution in [2.45, 2.75) is 309 Å². The second kappa shape index (κ2) is 50.0. The number of carbonyl (C=O) groups excluding carboxylic acids is 2. The normalized spacial score (nSPS) is 13.2. The van der Waals surface area contributed by atoms with Crippen molar-refractivity contribution >= 4 is 19.8 Å². The second-order valence-electron chi connectivity index (χ2n) is 21.4. The van der Waals surface area contributed by atoms with Crippen LogP contribution >= 0.6 is 7.82 Å². The van der Waals surface area contributed by atoms with Gasteiger partial charge in [-0.2, -0.15) is 0 Å². The summed E-state index contributed by atoms with van der Waals surface area (Å²) in [4.78, 5) is 35.7. The molecule has 0 radical (unpaired) electrons. The summed E-state index contributed by atoms with van der Waals surface area (Å²) in [6, 6.07) is 0. The Hall–Kier alpha value is -0.990. The molecule has 10 heteroatoms. The van der Waals surface area contributed by atoms with Gasteiger partial charge < -0.3 is 18.9 Å². The summed E-state index contributed by atoms with van der Waals surface area (Å²) in [5.41, 5.74) is 0. The third kappa shape index (κ3) is 54.2. The molecule has 0 heterocycles. The van der Waals surface area contributed by atoms with Gasteiger partial charge >= 0.3 is 19.8 Å². The van der Waals surface area contributed by atoms with Crippen LogP contribution in [0.2, 0.25) is 0 Å². The van der Waals surface area contributed by atoms with Crippen LogP contribution in [-0.2, 0) is 32.7 Å². The molecule has 0 saturated heterocycles. The summed E-state index contributed by atoms with van der Waals surface area (Å²) in [5.74, 6) is -0.772. The number of nitrogens with zero attached hydrogens (tertiary/aromatic N) is 1. The van der Waals surface area contributed by atoms with Gasteiger partial charge in [0.2, 0.25) is 0 Å². The minimum absolute atomic E-state index is 0.0374. The van der Waals surface area contributed by atoms with Crippen LogP contribution in [0.3, 0.4) is 0 Å². The largest absolute Gasteiger partial charge is 0.472 e. The van der Waals surface area contributed by atoms with Gasteiger partial charge in [0.15, 0.2) is 6.10 Å². The van der Waals surface area contributed by atoms with Gasteiger partial charge in [-0.25, -0.2) is 4.57 Å². The number of likely N-dealkylation sites (N-methyl/N-ethyl adjacent to an activating group) is 1. The lowest BCUT2D eigenvalue weighted by Gasteiger charge is -2.24. The third-order valence-corrected chi connectivity index (χ3v) is 14.4. The smallest absolute Gasteiger partial charge is 0.462 e. The van der Waals surface area contributed by atoms with E-state index in [1.54, 1.807) is 0 Å². The first-order chi connectivity index (χ1) is 32.5. The van der Waals surface area contributed by atoms with Crippen LogP contribution in [0.15, 0.2) is 0 Å². The van der Waals surface area contributed by atoms with E-state index in [2.05, 4.69) is 13.8 Å². The predicted octanol–water partition coefficient (Wildman–Crippen LogP) is 17.9. The predicted molar refractivity (Wildman–Crippen MR) is 285 cm³/mol. The molecule has 1 unspecified atom stereocenters. The molecular formula is C57H115NO8P+. The molecule has 400 valence electrons. The number of phosphoric ester groups is 1. The van der Waals surface area contributed by atoms with Crippen molar-refractivity contribution in [1.29, 1.82) is 0 Å². The molecule has 0 rings (SSSR count). The first-order valence-electron chi connectivity index (χ1n) is 29.3. The second-order valence-corrected chi connectivity index (χ2v) is 22.9. The van der Waals surface area contributed by atoms with E-state index in [-0.39, 0.29) is 25.6 Å². The fraction of sp³-hybridized carbons (Fsp3) is 0.965. The standard InChI is InChI=1S/C57H114NO8P/c1-6-8-10-12-14-16-18-20-22-24-26-28-30-32-34-36-38-40-42-44-46-48-50-57(60)66-55(54-65-67(61,62)64-52-51-58(3,4)5)53-63-56(59)49-47-45-43-41-39-37-35-33-31-29-27-25-23-21-19-17-15-13-11-9-7-2/h55H,6-54H2,1-5H3/p+1/t55-/m1/s1. The highest BCUT2D eigenvalue weighted by molar-refractivity contribution is 7.47. The average molecular weight is 974 g/mol. The zero-order valence-electron chi connectivity index (χ0n) is 45.4. The molecule has 0 aliphatic carbocycles. The Morgan fingerprint density at radius 2 is 0.672 bits per heavy atom. The van der Waals surface area contributed by atoms with Gasteiger partial charge in [0, 0.05) is 12.8 Å². The van der Waals surface area contributed by atoms with Gasteiger partial charge in [-0.3, -0.25) is 18.6 Å². The van der Waals surface area contributed by atoms with Crippen molar-refractivity contribution in [2.24, 2.45) is 0 Å². The molecule has 67 heavy (non-hydrogen) atoms. The van der Waals surface area contributed by atoms with E-state index in [0.29, 0.717) is 17.4 Å². The molecule has 0 spiro atoms. The maximum absolute atomic E-state index is 12.8. The maximum Gasteiger partial charge on any atom is 0.472 e. The number of esters is 2. The zero-order chi connectivity index (χ0) is 49.2. The van der Waals surface area contributed by atoms with Crippen molar-refractivity contribution in [3.63, 3.8) is 0 Å². The summed E-state index contributed by atoms with van der Waals surface area (Å²) in [6.07, 6.45) is 56.0. The third-order valence-electron chi connectivity index (χ3n) is 13.4. The van der Waals surface area contributed by atoms with Gasteiger partial charge in [0.1, 0.15) is 19.8 Å². The molecule has 0 bridgehead atoms. The van der Waals surface area contributed by atoms with Gasteiger partial charge in [0.05, 0.1) is 27.7 Å². The number of quaternary nitrogens is 1. The maximum atomic E-state index is 12.8. The molecule has 2 atom stereocenters. The first kappa shape index (κ1) is 66.0. The Bertz CT molecular complexity index is 1100. The lowest BCUT2D eigenvalue weighted by molar-refractivity contribution is -0.870. The van der Waals surface area contributed by atoms with Crippen LogP contribution < -0.4 is 0 Å². The van der Waals surface area contributed by atoms with Crippen LogP contribution in [0, 0.1) is 0 Å². The van der Waals surface area contributed by atoms with E-state index >= 15 is 0 Å². The van der Waals surface area contributed by atoms with Crippen LogP contribution in [0.5, 0.6) is 0 Å². The van der Waals surface area contributed by atoms with Crippen molar-refractivity contribution in [1.82, 2.24) is 0 Å². The van der Waals surface area contributed by atoms with Crippen LogP contribution in [0.25, 0.3) is 0 Å². The van der Waals surface area contributed by atoms with E-state index in [0.717, 1.165) is 38.5 Å². The van der Waals surface area contributed by atoms with E-state index in [9.17, 15) is 19.0 Å². The zero-order valence-corrected chi connectivity index (χ0v) is 46.3. The monoisotopic (exact) mass is 973 g/mol. The summed E-state index contributed by atoms with van der Waals surface area (Å²) in [7, 11) is 1.50. The number of rotatable bonds is 55. The molecular weight excluding hydrogens is 858 g/mol. The molecule has 0 amide bonds. The molecule has 0 fully saturated rings. The Morgan fingerprint density at radius 3 is 0.955 bits per heavy atom. The highest BCUT2D eigenvalue weighted by Crippen LogP contribution is 2.43. The molecule has 0 aliphatic heterocycles. The summed E-state index contributed by atoms with van der Waals surface area (Å²) < 4.78 is 34.6. The van der Waals surface area contributed by atoms with Crippen molar-refractivity contribution < 1.29 is 42.1 Å². The fourth-order valence-corrected chi connectivity index (χ4v) is 9.58. The molecule has 0 aromatic heterocycles. The Morgan fingerprint density at radius 1 is 0.403 bits per heavy atom. The number of hydrogen-bond donors (Lipinski definition) is 1. The van der Waals surface area contributed by atoms with E-state index in [1.807, 2.05) is 21.1 Å². The lowest BCUT2D eigenvalue weighted by Crippen LogP contribution is -2.37. The Kier molecular flexibility index (Phi) is 49.2. The van der Waals surface area contributed by atoms with E-state index in [1.165, 1.54) is 238 Å². The minimum Gasteiger partial charge on any atom is -0.462 e. The van der Waals surface area contributed by atoms with Gasteiger partial charge in [-0.1, -0.05) is 277 Å². The van der Waals surface area contributed by atoms with Crippen molar-refractivity contribution in [2.75, 3.05) is 47.5 Å². The molecule has 0 aromatic rings. The SMILES string of the molecule is CCCCCCCCCCCCCCCCCCCCCCCCC(=O)O[C@H](COC(=O)CCCCCCCCCCCCCCCCCCCCCCC)COP(=O)(O)OCC[N+](C)(C)C. The molecule has 0 aromatic carbocycles. The number of carbonyl (C=O) groups is 2. The van der Waals surface area contributed by atoms with Gasteiger partial charge in [0.25, 0.3) is 0 Å². The molecule has 0 saturated carbocycles. The Labute approximate surface area is 416 Å². The number of unbranched alkanes of at least 4 members (excludes halogenated alkanes) is 41. The van der Waals surface area contributed by atoms with Gasteiger partial charge in [-0.15, -0.1) is 0 Å². The van der Waals surface area contributed by atoms with Crippen molar-refractivity contribution in [3.8, 4) is 0 Å². The van der Waals surface area contributed by atoms with Crippen LogP contribution in [-0.4, -0.2) is 74.9 Å². The average Bonchev–Trinajstić information content (AvgIpc) is 3.29. The first-order valence-corrected chi connectivity index (χ1v) is 30.8. The van der Waals surface area contributed by atoms with Gasteiger partial charge in [-0.05, 0) is 12.8 Å². The highest BCUT2D eigenvalue weighted by Gasteiger charge is 2.27. The summed E-state index contributed by atoms with van der Waals surface area (Å²) in [6.45, 7) is 4.51. The Balaban J connectivity index is 4.11. The van der Waals surface area contributed by atoms with E-state index < -0.39 is 26.5 Å². The van der Waals surface area contributed by atoms with Crippen LogP contribution in [0.4, 0.5) is 0 Å². The lowest BCUT2D eigenvalue weighted by atomic mass is 10.0. The minimum atomic E-state index is -4.38. The summed E-state index contributed by atoms with van der Waals surface area (Å²) in [5, 5.41) is 0. The summed E-state index contributed by atoms with van der Waals surface area (Å²) >= 11 is 0. The van der Waals surface area contributed by atoms with Crippen molar-refractivity contribution in [3.05, 3.63) is 0 Å². The topological polar surface area (TPSA) is 108 Å². The van der Waals surface area contributed by atoms with E-state index in [4.69, 9.17) is 18.5 Å². The molecule has 9 nitrogen and oxygen atoms in total. The highest BCUT2D eigenvalue weighted by atomic mass is 31.2. The number of ether oxygens (including phenoxy) is 2. The fourth-order valence-electron chi connectivity index (χ4n) is 8.84.